The van der Waals surface area contributed by atoms with E-state index in [-0.39, 0.29) is 0 Å². The van der Waals surface area contributed by atoms with Gasteiger partial charge in [0.1, 0.15) is 5.75 Å². The Morgan fingerprint density at radius 2 is 1.79 bits per heavy atom. The van der Waals surface area contributed by atoms with E-state index >= 15 is 0 Å². The minimum atomic E-state index is -0.812. The third-order valence-corrected chi connectivity index (χ3v) is 4.15. The zero-order valence-corrected chi connectivity index (χ0v) is 13.6. The number of ether oxygens (including phenoxy) is 1. The lowest BCUT2D eigenvalue weighted by molar-refractivity contribution is -0.138. The van der Waals surface area contributed by atoms with E-state index in [9.17, 15) is 9.90 Å². The summed E-state index contributed by atoms with van der Waals surface area (Å²) in [4.78, 5) is 11.9. The Kier molecular flexibility index (Phi) is 4.80. The van der Waals surface area contributed by atoms with Crippen LogP contribution in [0.1, 0.15) is 24.0 Å². The van der Waals surface area contributed by atoms with Crippen molar-refractivity contribution in [3.8, 4) is 5.75 Å². The summed E-state index contributed by atoms with van der Waals surface area (Å²) in [7, 11) is 0. The highest BCUT2D eigenvalue weighted by Crippen LogP contribution is 2.29. The molecule has 0 radical (unpaired) electrons. The van der Waals surface area contributed by atoms with Gasteiger partial charge in [-0.2, -0.15) is 0 Å². The highest BCUT2D eigenvalue weighted by Gasteiger charge is 2.22. The van der Waals surface area contributed by atoms with Gasteiger partial charge in [0.25, 0.3) is 0 Å². The van der Waals surface area contributed by atoms with Crippen LogP contribution >= 0.6 is 0 Å². The maximum Gasteiger partial charge on any atom is 0.311 e. The lowest BCUT2D eigenvalue weighted by atomic mass is 9.88. The molecule has 0 aromatic heterocycles. The van der Waals surface area contributed by atoms with Crippen molar-refractivity contribution in [1.82, 2.24) is 0 Å². The van der Waals surface area contributed by atoms with Crippen LogP contribution in [0.4, 0.5) is 0 Å². The highest BCUT2D eigenvalue weighted by molar-refractivity contribution is 5.90. The Labute approximate surface area is 141 Å². The van der Waals surface area contributed by atoms with Crippen molar-refractivity contribution in [2.75, 3.05) is 6.61 Å². The van der Waals surface area contributed by atoms with Crippen molar-refractivity contribution >= 4 is 16.7 Å². The number of aliphatic carboxylic acids is 1. The van der Waals surface area contributed by atoms with Crippen LogP contribution in [0.2, 0.25) is 0 Å². The summed E-state index contributed by atoms with van der Waals surface area (Å²) in [5.41, 5.74) is 1.81. The fourth-order valence-electron chi connectivity index (χ4n) is 3.05. The average molecular weight is 320 g/mol. The van der Waals surface area contributed by atoms with Gasteiger partial charge in [-0.1, -0.05) is 54.6 Å². The number of benzene rings is 3. The zero-order valence-electron chi connectivity index (χ0n) is 13.6. The maximum atomic E-state index is 11.9. The number of hydrogen-bond acceptors (Lipinski definition) is 2. The van der Waals surface area contributed by atoms with Crippen LogP contribution in [-0.2, 0) is 11.2 Å². The molecule has 3 heteroatoms. The molecule has 0 heterocycles. The number of carboxylic acid groups (broad SMARTS) is 1. The molecule has 0 saturated heterocycles. The zero-order chi connectivity index (χ0) is 16.9. The molecule has 1 unspecified atom stereocenters. The molecule has 1 N–H and O–H groups in total. The maximum absolute atomic E-state index is 11.9. The van der Waals surface area contributed by atoms with Gasteiger partial charge in [-0.05, 0) is 47.4 Å². The lowest BCUT2D eigenvalue weighted by Gasteiger charge is -2.16. The fourth-order valence-corrected chi connectivity index (χ4v) is 3.05. The van der Waals surface area contributed by atoms with E-state index in [1.54, 1.807) is 0 Å². The van der Waals surface area contributed by atoms with Crippen molar-refractivity contribution < 1.29 is 14.6 Å². The fraction of sp³-hybridized carbons (Fsp3) is 0.190. The highest BCUT2D eigenvalue weighted by atomic mass is 16.5. The van der Waals surface area contributed by atoms with Gasteiger partial charge in [-0.25, -0.2) is 0 Å². The topological polar surface area (TPSA) is 46.5 Å². The number of hydrogen-bond donors (Lipinski definition) is 1. The molecule has 0 spiro atoms. The number of fused-ring (bicyclic) bond motifs is 1. The van der Waals surface area contributed by atoms with Crippen molar-refractivity contribution in [1.29, 1.82) is 0 Å². The van der Waals surface area contributed by atoms with Crippen molar-refractivity contribution in [3.63, 3.8) is 0 Å². The van der Waals surface area contributed by atoms with Crippen LogP contribution in [0.25, 0.3) is 10.8 Å². The SMILES string of the molecule is CCOc1cccc(CC(C(=O)O)c2cccc3ccccc23)c1. The van der Waals surface area contributed by atoms with Gasteiger partial charge < -0.3 is 9.84 Å². The standard InChI is InChI=1S/C21H20O3/c1-2-24-17-10-5-7-15(13-17)14-20(21(22)23)19-12-6-9-16-8-3-4-11-18(16)19/h3-13,20H,2,14H2,1H3,(H,22,23). The number of rotatable bonds is 6. The first-order chi connectivity index (χ1) is 11.7. The van der Waals surface area contributed by atoms with Gasteiger partial charge >= 0.3 is 5.97 Å². The molecule has 0 fully saturated rings. The van der Waals surface area contributed by atoms with Crippen molar-refractivity contribution in [2.45, 2.75) is 19.3 Å². The first-order valence-corrected chi connectivity index (χ1v) is 8.11. The molecule has 3 nitrogen and oxygen atoms in total. The Morgan fingerprint density at radius 3 is 2.58 bits per heavy atom. The molecular formula is C21H20O3. The molecule has 0 aliphatic carbocycles. The monoisotopic (exact) mass is 320 g/mol. The predicted octanol–water partition coefficient (Wildman–Crippen LogP) is 4.65. The molecule has 122 valence electrons. The first kappa shape index (κ1) is 16.1. The Balaban J connectivity index is 1.98. The van der Waals surface area contributed by atoms with Gasteiger partial charge in [0, 0.05) is 0 Å². The first-order valence-electron chi connectivity index (χ1n) is 8.11. The quantitative estimate of drug-likeness (QED) is 0.719. The van der Waals surface area contributed by atoms with E-state index in [0.717, 1.165) is 27.6 Å². The molecule has 0 saturated carbocycles. The summed E-state index contributed by atoms with van der Waals surface area (Å²) in [6.07, 6.45) is 0.435. The summed E-state index contributed by atoms with van der Waals surface area (Å²) in [6.45, 7) is 2.53. The van der Waals surface area contributed by atoms with E-state index < -0.39 is 11.9 Å². The summed E-state index contributed by atoms with van der Waals surface area (Å²) in [6, 6.07) is 21.4. The minimum absolute atomic E-state index is 0.435. The second-order valence-corrected chi connectivity index (χ2v) is 5.74. The predicted molar refractivity (Wildman–Crippen MR) is 95.6 cm³/mol. The molecule has 0 aliphatic heterocycles. The number of carboxylic acids is 1. The van der Waals surface area contributed by atoms with Gasteiger partial charge in [0.05, 0.1) is 12.5 Å². The van der Waals surface area contributed by atoms with Gasteiger partial charge in [-0.15, -0.1) is 0 Å². The van der Waals surface area contributed by atoms with Crippen LogP contribution in [-0.4, -0.2) is 17.7 Å². The second-order valence-electron chi connectivity index (χ2n) is 5.74. The second kappa shape index (κ2) is 7.18. The molecule has 1 atom stereocenters. The summed E-state index contributed by atoms with van der Waals surface area (Å²) < 4.78 is 5.52. The Hall–Kier alpha value is -2.81. The third-order valence-electron chi connectivity index (χ3n) is 4.15. The normalized spacial score (nSPS) is 12.0. The van der Waals surface area contributed by atoms with E-state index in [4.69, 9.17) is 4.74 Å². The Bertz CT molecular complexity index is 849. The summed E-state index contributed by atoms with van der Waals surface area (Å²) in [5, 5.41) is 11.8. The van der Waals surface area contributed by atoms with Crippen molar-refractivity contribution in [3.05, 3.63) is 77.9 Å². The van der Waals surface area contributed by atoms with Crippen LogP contribution < -0.4 is 4.74 Å². The van der Waals surface area contributed by atoms with Gasteiger partial charge in [0.2, 0.25) is 0 Å². The average Bonchev–Trinajstić information content (AvgIpc) is 2.60. The largest absolute Gasteiger partial charge is 0.494 e. The van der Waals surface area contributed by atoms with Crippen molar-refractivity contribution in [2.24, 2.45) is 0 Å². The molecule has 24 heavy (non-hydrogen) atoms. The van der Waals surface area contributed by atoms with Crippen LogP contribution in [0.15, 0.2) is 66.7 Å². The van der Waals surface area contributed by atoms with Crippen LogP contribution in [0.5, 0.6) is 5.75 Å². The van der Waals surface area contributed by atoms with Gasteiger partial charge in [-0.3, -0.25) is 4.79 Å². The molecule has 3 aromatic rings. The summed E-state index contributed by atoms with van der Waals surface area (Å²) >= 11 is 0. The summed E-state index contributed by atoms with van der Waals surface area (Å²) in [5.74, 6) is -0.627. The smallest absolute Gasteiger partial charge is 0.311 e. The molecule has 0 aliphatic rings. The lowest BCUT2D eigenvalue weighted by Crippen LogP contribution is -2.15. The van der Waals surface area contributed by atoms with Crippen LogP contribution in [0.3, 0.4) is 0 Å². The molecule has 3 rings (SSSR count). The van der Waals surface area contributed by atoms with Gasteiger partial charge in [0.15, 0.2) is 0 Å². The van der Waals surface area contributed by atoms with E-state index in [1.807, 2.05) is 73.7 Å². The molecule has 3 aromatic carbocycles. The van der Waals surface area contributed by atoms with Crippen LogP contribution in [0, 0.1) is 0 Å². The van der Waals surface area contributed by atoms with E-state index in [0.29, 0.717) is 13.0 Å². The Morgan fingerprint density at radius 1 is 1.04 bits per heavy atom. The van der Waals surface area contributed by atoms with E-state index in [2.05, 4.69) is 0 Å². The van der Waals surface area contributed by atoms with E-state index in [1.165, 1.54) is 0 Å². The third kappa shape index (κ3) is 3.40. The molecule has 0 bridgehead atoms. The molecular weight excluding hydrogens is 300 g/mol. The number of carbonyl (C=O) groups is 1. The minimum Gasteiger partial charge on any atom is -0.494 e. The molecule has 0 amide bonds.